The Morgan fingerprint density at radius 3 is 2.67 bits per heavy atom. The van der Waals surface area contributed by atoms with Gasteiger partial charge in [0, 0.05) is 5.70 Å². The van der Waals surface area contributed by atoms with Crippen molar-refractivity contribution < 1.29 is 14.3 Å². The zero-order chi connectivity index (χ0) is 13.7. The molecule has 102 valence electrons. The third kappa shape index (κ3) is 3.51. The average Bonchev–Trinajstić information content (AvgIpc) is 2.31. The summed E-state index contributed by atoms with van der Waals surface area (Å²) in [7, 11) is 0. The molecule has 4 nitrogen and oxygen atoms in total. The summed E-state index contributed by atoms with van der Waals surface area (Å²) in [4.78, 5) is 25.4. The number of carbonyl (C=O) groups is 2. The van der Waals surface area contributed by atoms with E-state index in [1.807, 2.05) is 26.2 Å². The van der Waals surface area contributed by atoms with E-state index in [-0.39, 0.29) is 29.6 Å². The summed E-state index contributed by atoms with van der Waals surface area (Å²) in [5.41, 5.74) is 0.898. The van der Waals surface area contributed by atoms with E-state index < -0.39 is 0 Å². The highest BCUT2D eigenvalue weighted by atomic mass is 32.2. The number of hydrogen-bond donors (Lipinski definition) is 0. The number of amides is 1. The van der Waals surface area contributed by atoms with Crippen LogP contribution in [-0.2, 0) is 14.3 Å². The highest BCUT2D eigenvalue weighted by Gasteiger charge is 2.33. The minimum atomic E-state index is -0.348. The second-order valence-electron chi connectivity index (χ2n) is 4.49. The number of nitrogens with zero attached hydrogens (tertiary/aromatic N) is 1. The molecule has 0 bridgehead atoms. The van der Waals surface area contributed by atoms with Crippen molar-refractivity contribution in [3.05, 3.63) is 11.1 Å². The first-order valence-electron chi connectivity index (χ1n) is 6.32. The summed E-state index contributed by atoms with van der Waals surface area (Å²) in [5, 5.41) is 1.89. The van der Waals surface area contributed by atoms with Gasteiger partial charge in [-0.25, -0.2) is 0 Å². The lowest BCUT2D eigenvalue weighted by Crippen LogP contribution is -2.44. The highest BCUT2D eigenvalue weighted by Crippen LogP contribution is 2.31. The van der Waals surface area contributed by atoms with Crippen molar-refractivity contribution in [2.45, 2.75) is 39.4 Å². The molecule has 18 heavy (non-hydrogen) atoms. The van der Waals surface area contributed by atoms with E-state index in [4.69, 9.17) is 4.74 Å². The number of hydrogen-bond acceptors (Lipinski definition) is 4. The van der Waals surface area contributed by atoms with Crippen molar-refractivity contribution in [2.75, 3.05) is 13.2 Å². The normalized spacial score (nSPS) is 20.1. The predicted molar refractivity (Wildman–Crippen MR) is 72.9 cm³/mol. The number of esters is 1. The largest absolute Gasteiger partial charge is 0.465 e. The van der Waals surface area contributed by atoms with E-state index in [0.717, 1.165) is 12.1 Å². The van der Waals surface area contributed by atoms with Crippen molar-refractivity contribution >= 4 is 23.6 Å². The third-order valence-corrected chi connectivity index (χ3v) is 4.21. The van der Waals surface area contributed by atoms with Crippen LogP contribution in [0.3, 0.4) is 0 Å². The van der Waals surface area contributed by atoms with Gasteiger partial charge in [-0.2, -0.15) is 0 Å². The van der Waals surface area contributed by atoms with Crippen LogP contribution in [0.25, 0.3) is 0 Å². The molecule has 1 amide bonds. The summed E-state index contributed by atoms with van der Waals surface area (Å²) in [5.74, 6) is -0.0798. The van der Waals surface area contributed by atoms with Crippen molar-refractivity contribution in [1.29, 1.82) is 0 Å². The van der Waals surface area contributed by atoms with Gasteiger partial charge in [0.05, 0.1) is 11.9 Å². The molecule has 0 spiro atoms. The van der Waals surface area contributed by atoms with Crippen molar-refractivity contribution in [3.63, 3.8) is 0 Å². The van der Waals surface area contributed by atoms with Gasteiger partial charge in [-0.1, -0.05) is 20.8 Å². The molecule has 1 heterocycles. The van der Waals surface area contributed by atoms with Crippen LogP contribution in [0.2, 0.25) is 0 Å². The monoisotopic (exact) mass is 271 g/mol. The minimum Gasteiger partial charge on any atom is -0.465 e. The first-order chi connectivity index (χ1) is 8.51. The minimum absolute atomic E-state index is 0.0161. The summed E-state index contributed by atoms with van der Waals surface area (Å²) >= 11 is 1.55. The fraction of sp³-hybridized carbons (Fsp3) is 0.692. The molecule has 1 unspecified atom stereocenters. The molecule has 0 aromatic heterocycles. The quantitative estimate of drug-likeness (QED) is 0.720. The maximum Gasteiger partial charge on any atom is 0.326 e. The van der Waals surface area contributed by atoms with Gasteiger partial charge in [-0.05, 0) is 24.7 Å². The highest BCUT2D eigenvalue weighted by molar-refractivity contribution is 8.03. The standard InChI is InChI=1S/C13H21NO3S/c1-5-10-8-18-12(9(3)4)13(16)14(10)7-11(15)17-6-2/h8-9,12H,5-7H2,1-4H3. The second kappa shape index (κ2) is 6.83. The van der Waals surface area contributed by atoms with Crippen LogP contribution < -0.4 is 0 Å². The Kier molecular flexibility index (Phi) is 5.72. The smallest absolute Gasteiger partial charge is 0.326 e. The molecule has 0 N–H and O–H groups in total. The fourth-order valence-electron chi connectivity index (χ4n) is 1.80. The maximum atomic E-state index is 12.3. The van der Waals surface area contributed by atoms with E-state index in [1.54, 1.807) is 23.6 Å². The lowest BCUT2D eigenvalue weighted by molar-refractivity contribution is -0.147. The molecule has 0 fully saturated rings. The summed E-state index contributed by atoms with van der Waals surface area (Å²) < 4.78 is 4.91. The lowest BCUT2D eigenvalue weighted by atomic mass is 10.1. The third-order valence-electron chi connectivity index (χ3n) is 2.77. The van der Waals surface area contributed by atoms with E-state index in [1.165, 1.54) is 0 Å². The van der Waals surface area contributed by atoms with Crippen molar-refractivity contribution in [3.8, 4) is 0 Å². The Hall–Kier alpha value is -0.970. The van der Waals surface area contributed by atoms with E-state index in [0.29, 0.717) is 6.61 Å². The molecule has 0 saturated heterocycles. The molecule has 0 saturated carbocycles. The molecule has 1 aliphatic rings. The van der Waals surface area contributed by atoms with Gasteiger partial charge in [-0.3, -0.25) is 9.59 Å². The van der Waals surface area contributed by atoms with Gasteiger partial charge >= 0.3 is 5.97 Å². The SMILES string of the molecule is CCOC(=O)CN1C(=O)C(C(C)C)SC=C1CC. The molecule has 0 aliphatic carbocycles. The zero-order valence-corrected chi connectivity index (χ0v) is 12.3. The predicted octanol–water partition coefficient (Wildman–Crippen LogP) is 2.40. The number of rotatable bonds is 5. The Bertz CT molecular complexity index is 352. The van der Waals surface area contributed by atoms with Gasteiger partial charge in [0.2, 0.25) is 5.91 Å². The van der Waals surface area contributed by atoms with Gasteiger partial charge in [0.1, 0.15) is 6.54 Å². The molecule has 0 aromatic rings. The topological polar surface area (TPSA) is 46.6 Å². The molecular formula is C13H21NO3S. The van der Waals surface area contributed by atoms with E-state index >= 15 is 0 Å². The Morgan fingerprint density at radius 2 is 2.17 bits per heavy atom. The first kappa shape index (κ1) is 15.1. The van der Waals surface area contributed by atoms with Gasteiger partial charge < -0.3 is 9.64 Å². The second-order valence-corrected chi connectivity index (χ2v) is 5.51. The zero-order valence-electron chi connectivity index (χ0n) is 11.4. The maximum absolute atomic E-state index is 12.3. The van der Waals surface area contributed by atoms with Crippen LogP contribution in [0.5, 0.6) is 0 Å². The van der Waals surface area contributed by atoms with Crippen LogP contribution in [0, 0.1) is 5.92 Å². The molecule has 1 rings (SSSR count). The number of ether oxygens (including phenoxy) is 1. The Balaban J connectivity index is 2.83. The van der Waals surface area contributed by atoms with Gasteiger partial charge in [0.15, 0.2) is 0 Å². The van der Waals surface area contributed by atoms with E-state index in [9.17, 15) is 9.59 Å². The fourth-order valence-corrected chi connectivity index (χ4v) is 2.96. The van der Waals surface area contributed by atoms with Crippen LogP contribution in [0.15, 0.2) is 11.1 Å². The summed E-state index contributed by atoms with van der Waals surface area (Å²) in [6, 6.07) is 0. The number of allylic oxidation sites excluding steroid dienone is 1. The molecule has 1 atom stereocenters. The van der Waals surface area contributed by atoms with Crippen LogP contribution in [0.4, 0.5) is 0 Å². The summed E-state index contributed by atoms with van der Waals surface area (Å²) in [6.07, 6.45) is 0.739. The average molecular weight is 271 g/mol. The van der Waals surface area contributed by atoms with E-state index in [2.05, 4.69) is 0 Å². The van der Waals surface area contributed by atoms with Crippen LogP contribution in [-0.4, -0.2) is 35.2 Å². The van der Waals surface area contributed by atoms with Crippen LogP contribution >= 0.6 is 11.8 Å². The first-order valence-corrected chi connectivity index (χ1v) is 7.27. The summed E-state index contributed by atoms with van der Waals surface area (Å²) in [6.45, 7) is 8.14. The van der Waals surface area contributed by atoms with Crippen molar-refractivity contribution in [1.82, 2.24) is 4.90 Å². The molecule has 0 radical (unpaired) electrons. The molecule has 0 aromatic carbocycles. The molecular weight excluding hydrogens is 250 g/mol. The molecule has 1 aliphatic heterocycles. The number of thioether (sulfide) groups is 1. The number of carbonyl (C=O) groups excluding carboxylic acids is 2. The van der Waals surface area contributed by atoms with Gasteiger partial charge in [0.25, 0.3) is 0 Å². The lowest BCUT2D eigenvalue weighted by Gasteiger charge is -2.33. The van der Waals surface area contributed by atoms with Gasteiger partial charge in [-0.15, -0.1) is 11.8 Å². The molecule has 5 heteroatoms. The van der Waals surface area contributed by atoms with Crippen molar-refractivity contribution in [2.24, 2.45) is 5.92 Å². The van der Waals surface area contributed by atoms with Crippen LogP contribution in [0.1, 0.15) is 34.1 Å². The Morgan fingerprint density at radius 1 is 1.50 bits per heavy atom. The Labute approximate surface area is 113 Å².